The molecule has 1 aromatic rings. The van der Waals surface area contributed by atoms with Crippen molar-refractivity contribution < 1.29 is 13.2 Å². The minimum Gasteiger partial charge on any atom is -0.356 e. The first kappa shape index (κ1) is 19.0. The zero-order valence-corrected chi connectivity index (χ0v) is 15.0. The van der Waals surface area contributed by atoms with Crippen LogP contribution in [0.25, 0.3) is 0 Å². The van der Waals surface area contributed by atoms with Gasteiger partial charge in [-0.3, -0.25) is 4.99 Å². The number of guanidine groups is 1. The van der Waals surface area contributed by atoms with Gasteiger partial charge in [-0.1, -0.05) is 0 Å². The van der Waals surface area contributed by atoms with Crippen LogP contribution < -0.4 is 10.6 Å². The molecular formula is C15H24F3N5S. The van der Waals surface area contributed by atoms with Crippen LogP contribution in [-0.4, -0.2) is 56.1 Å². The fraction of sp³-hybridized carbons (Fsp3) is 0.733. The van der Waals surface area contributed by atoms with Crippen LogP contribution in [0.2, 0.25) is 0 Å². The molecular weight excluding hydrogens is 339 g/mol. The minimum atomic E-state index is -4.37. The number of nitrogens with zero attached hydrogens (tertiary/aromatic N) is 3. The Morgan fingerprint density at radius 2 is 2.12 bits per heavy atom. The summed E-state index contributed by atoms with van der Waals surface area (Å²) in [6.07, 6.45) is -1.41. The lowest BCUT2D eigenvalue weighted by atomic mass is 10.1. The maximum absolute atomic E-state index is 12.5. The highest BCUT2D eigenvalue weighted by Gasteiger charge is 2.34. The van der Waals surface area contributed by atoms with E-state index in [1.165, 1.54) is 12.8 Å². The Hall–Kier alpha value is -1.35. The molecule has 1 aliphatic rings. The molecule has 136 valence electrons. The number of aromatic nitrogens is 1. The molecule has 0 radical (unpaired) electrons. The molecule has 5 nitrogen and oxygen atoms in total. The number of likely N-dealkylation sites (N-methyl/N-ethyl adjacent to an activating group) is 1. The van der Waals surface area contributed by atoms with Gasteiger partial charge in [-0.2, -0.15) is 13.2 Å². The van der Waals surface area contributed by atoms with Crippen molar-refractivity contribution >= 4 is 17.3 Å². The highest BCUT2D eigenvalue weighted by Crippen LogP contribution is 2.34. The van der Waals surface area contributed by atoms with Gasteiger partial charge >= 0.3 is 6.18 Å². The predicted molar refractivity (Wildman–Crippen MR) is 90.4 cm³/mol. The second kappa shape index (κ2) is 8.15. The molecule has 0 aliphatic heterocycles. The van der Waals surface area contributed by atoms with Crippen LogP contribution in [0.3, 0.4) is 0 Å². The van der Waals surface area contributed by atoms with Crippen molar-refractivity contribution in [2.24, 2.45) is 10.9 Å². The topological polar surface area (TPSA) is 52.6 Å². The summed E-state index contributed by atoms with van der Waals surface area (Å²) < 4.78 is 37.5. The summed E-state index contributed by atoms with van der Waals surface area (Å²) in [4.78, 5) is 9.99. The molecule has 0 bridgehead atoms. The number of alkyl halides is 3. The van der Waals surface area contributed by atoms with Gasteiger partial charge in [0.15, 0.2) is 11.7 Å². The van der Waals surface area contributed by atoms with Gasteiger partial charge in [0.2, 0.25) is 0 Å². The molecule has 0 saturated heterocycles. The summed E-state index contributed by atoms with van der Waals surface area (Å²) in [5.74, 6) is 1.40. The highest BCUT2D eigenvalue weighted by molar-refractivity contribution is 7.09. The molecule has 1 atom stereocenters. The molecule has 0 aromatic carbocycles. The molecule has 1 fully saturated rings. The summed E-state index contributed by atoms with van der Waals surface area (Å²) in [5, 5.41) is 7.94. The van der Waals surface area contributed by atoms with Crippen molar-refractivity contribution in [2.45, 2.75) is 31.5 Å². The standard InChI is InChI=1S/C15H24F3N5S/c1-19-14(21-8-11(23(2)3)10-4-5-10)20-7-6-13-22-12(9-24-13)15(16,17)18/h9-11H,4-8H2,1-3H3,(H2,19,20,21). The first-order valence-electron chi connectivity index (χ1n) is 7.93. The Morgan fingerprint density at radius 1 is 1.42 bits per heavy atom. The molecule has 1 unspecified atom stereocenters. The predicted octanol–water partition coefficient (Wildman–Crippen LogP) is 2.21. The molecule has 0 spiro atoms. The average Bonchev–Trinajstić information content (AvgIpc) is 3.21. The van der Waals surface area contributed by atoms with Crippen molar-refractivity contribution in [1.82, 2.24) is 20.5 Å². The lowest BCUT2D eigenvalue weighted by Gasteiger charge is -2.25. The van der Waals surface area contributed by atoms with E-state index in [9.17, 15) is 13.2 Å². The summed E-state index contributed by atoms with van der Waals surface area (Å²) in [6.45, 7) is 1.29. The summed E-state index contributed by atoms with van der Waals surface area (Å²) in [5.41, 5.74) is -0.816. The van der Waals surface area contributed by atoms with Crippen molar-refractivity contribution in [3.8, 4) is 0 Å². The van der Waals surface area contributed by atoms with E-state index in [0.717, 1.165) is 29.2 Å². The second-order valence-electron chi connectivity index (χ2n) is 6.12. The van der Waals surface area contributed by atoms with Gasteiger partial charge in [0.05, 0.1) is 5.01 Å². The van der Waals surface area contributed by atoms with Gasteiger partial charge in [-0.05, 0) is 32.9 Å². The monoisotopic (exact) mass is 363 g/mol. The molecule has 1 aliphatic carbocycles. The summed E-state index contributed by atoms with van der Waals surface area (Å²) >= 11 is 1.03. The summed E-state index contributed by atoms with van der Waals surface area (Å²) in [6, 6.07) is 0.469. The van der Waals surface area contributed by atoms with E-state index in [4.69, 9.17) is 0 Å². The fourth-order valence-electron chi connectivity index (χ4n) is 2.52. The molecule has 1 aromatic heterocycles. The van der Waals surface area contributed by atoms with E-state index >= 15 is 0 Å². The fourth-order valence-corrected chi connectivity index (χ4v) is 3.32. The van der Waals surface area contributed by atoms with E-state index in [1.807, 2.05) is 0 Å². The van der Waals surface area contributed by atoms with Gasteiger partial charge < -0.3 is 15.5 Å². The number of rotatable bonds is 7. The average molecular weight is 363 g/mol. The third-order valence-corrected chi connectivity index (χ3v) is 4.91. The van der Waals surface area contributed by atoms with Gasteiger partial charge in [0, 0.05) is 38.0 Å². The third-order valence-electron chi connectivity index (χ3n) is 4.01. The lowest BCUT2D eigenvalue weighted by Crippen LogP contribution is -2.46. The van der Waals surface area contributed by atoms with Crippen LogP contribution in [0.4, 0.5) is 13.2 Å². The van der Waals surface area contributed by atoms with Crippen molar-refractivity contribution in [3.05, 3.63) is 16.1 Å². The second-order valence-corrected chi connectivity index (χ2v) is 7.07. The molecule has 24 heavy (non-hydrogen) atoms. The van der Waals surface area contributed by atoms with E-state index in [-0.39, 0.29) is 0 Å². The first-order chi connectivity index (χ1) is 11.3. The van der Waals surface area contributed by atoms with Crippen LogP contribution in [0, 0.1) is 5.92 Å². The number of aliphatic imine (C=N–C) groups is 1. The molecule has 9 heteroatoms. The Bertz CT molecular complexity index is 550. The number of thiazole rings is 1. The Morgan fingerprint density at radius 3 is 2.62 bits per heavy atom. The highest BCUT2D eigenvalue weighted by atomic mass is 32.1. The van der Waals surface area contributed by atoms with Gasteiger partial charge in [-0.15, -0.1) is 11.3 Å². The first-order valence-corrected chi connectivity index (χ1v) is 8.81. The molecule has 1 heterocycles. The molecule has 2 N–H and O–H groups in total. The van der Waals surface area contributed by atoms with Crippen LogP contribution in [0.1, 0.15) is 23.5 Å². The van der Waals surface area contributed by atoms with Crippen molar-refractivity contribution in [3.63, 3.8) is 0 Å². The third kappa shape index (κ3) is 5.62. The van der Waals surface area contributed by atoms with Gasteiger partial charge in [-0.25, -0.2) is 4.98 Å². The Balaban J connectivity index is 1.74. The van der Waals surface area contributed by atoms with E-state index in [0.29, 0.717) is 30.0 Å². The van der Waals surface area contributed by atoms with Crippen LogP contribution in [0.15, 0.2) is 10.4 Å². The summed E-state index contributed by atoms with van der Waals surface area (Å²) in [7, 11) is 5.82. The largest absolute Gasteiger partial charge is 0.434 e. The van der Waals surface area contributed by atoms with Crippen LogP contribution in [0.5, 0.6) is 0 Å². The Labute approximate surface area is 144 Å². The molecule has 2 rings (SSSR count). The van der Waals surface area contributed by atoms with Crippen molar-refractivity contribution in [1.29, 1.82) is 0 Å². The zero-order valence-electron chi connectivity index (χ0n) is 14.2. The molecule has 0 amide bonds. The van der Waals surface area contributed by atoms with Gasteiger partial charge in [0.25, 0.3) is 0 Å². The number of halogens is 3. The van der Waals surface area contributed by atoms with E-state index < -0.39 is 11.9 Å². The Kier molecular flexibility index (Phi) is 6.45. The number of nitrogens with one attached hydrogen (secondary N) is 2. The smallest absolute Gasteiger partial charge is 0.356 e. The maximum atomic E-state index is 12.5. The SMILES string of the molecule is CN=C(NCCc1nc(C(F)(F)F)cs1)NCC(C1CC1)N(C)C. The molecule has 1 saturated carbocycles. The number of hydrogen-bond acceptors (Lipinski definition) is 4. The van der Waals surface area contributed by atoms with E-state index in [2.05, 4.69) is 39.6 Å². The normalized spacial score (nSPS) is 17.2. The van der Waals surface area contributed by atoms with Gasteiger partial charge in [0.1, 0.15) is 0 Å². The minimum absolute atomic E-state index is 0.432. The van der Waals surface area contributed by atoms with Crippen LogP contribution >= 0.6 is 11.3 Å². The van der Waals surface area contributed by atoms with Crippen LogP contribution in [-0.2, 0) is 12.6 Å². The van der Waals surface area contributed by atoms with E-state index in [1.54, 1.807) is 7.05 Å². The lowest BCUT2D eigenvalue weighted by molar-refractivity contribution is -0.140. The maximum Gasteiger partial charge on any atom is 0.434 e. The quantitative estimate of drug-likeness (QED) is 0.576. The zero-order chi connectivity index (χ0) is 17.7. The van der Waals surface area contributed by atoms with Crippen molar-refractivity contribution in [2.75, 3.05) is 34.2 Å². The number of hydrogen-bond donors (Lipinski definition) is 2.